The Balaban J connectivity index is 1.62. The van der Waals surface area contributed by atoms with E-state index in [4.69, 9.17) is 0 Å². The molecule has 1 heteroatoms. The molecule has 1 N–H and O–H groups in total. The summed E-state index contributed by atoms with van der Waals surface area (Å²) >= 11 is 0. The summed E-state index contributed by atoms with van der Waals surface area (Å²) in [5, 5.41) is 11.6. The molecule has 3 saturated carbocycles. The maximum atomic E-state index is 11.6. The van der Waals surface area contributed by atoms with E-state index in [2.05, 4.69) is 26.8 Å². The van der Waals surface area contributed by atoms with Gasteiger partial charge in [-0.1, -0.05) is 45.3 Å². The number of aliphatic hydroxyl groups is 1. The summed E-state index contributed by atoms with van der Waals surface area (Å²) in [6.45, 7) is 7.31. The molecule has 0 aliphatic heterocycles. The van der Waals surface area contributed by atoms with Crippen LogP contribution < -0.4 is 0 Å². The fraction of sp³-hybridized carbons (Fsp3) is 0.913. The highest BCUT2D eigenvalue weighted by Crippen LogP contribution is 2.68. The minimum atomic E-state index is -0.373. The van der Waals surface area contributed by atoms with Crippen LogP contribution in [0.15, 0.2) is 11.6 Å². The van der Waals surface area contributed by atoms with Crippen molar-refractivity contribution in [2.24, 2.45) is 28.6 Å². The van der Waals surface area contributed by atoms with E-state index in [1.54, 1.807) is 5.57 Å². The van der Waals surface area contributed by atoms with E-state index < -0.39 is 0 Å². The highest BCUT2D eigenvalue weighted by Gasteiger charge is 2.63. The van der Waals surface area contributed by atoms with Gasteiger partial charge in [0, 0.05) is 0 Å². The molecule has 4 aliphatic rings. The van der Waals surface area contributed by atoms with Crippen LogP contribution in [0.5, 0.6) is 0 Å². The van der Waals surface area contributed by atoms with Gasteiger partial charge < -0.3 is 5.11 Å². The summed E-state index contributed by atoms with van der Waals surface area (Å²) in [6.07, 6.45) is 17.9. The Kier molecular flexibility index (Phi) is 4.18. The van der Waals surface area contributed by atoms with E-state index >= 15 is 0 Å². The van der Waals surface area contributed by atoms with Gasteiger partial charge in [-0.05, 0) is 92.8 Å². The van der Waals surface area contributed by atoms with Gasteiger partial charge in [-0.3, -0.25) is 0 Å². The van der Waals surface area contributed by atoms with E-state index in [0.29, 0.717) is 5.41 Å². The first kappa shape index (κ1) is 17.1. The van der Waals surface area contributed by atoms with Gasteiger partial charge in [-0.25, -0.2) is 0 Å². The predicted molar refractivity (Wildman–Crippen MR) is 101 cm³/mol. The second-order valence-electron chi connectivity index (χ2n) is 10.1. The Morgan fingerprint density at radius 1 is 1.08 bits per heavy atom. The summed E-state index contributed by atoms with van der Waals surface area (Å²) in [5.41, 5.74) is 2.11. The van der Waals surface area contributed by atoms with Crippen LogP contribution in [0.1, 0.15) is 97.8 Å². The summed E-state index contributed by atoms with van der Waals surface area (Å²) in [7, 11) is 0. The number of hydrogen-bond acceptors (Lipinski definition) is 1. The Morgan fingerprint density at radius 3 is 2.67 bits per heavy atom. The SMILES string of the molecule is CCCCC1(O)CC[C@H]2[C@@H]3CCC4=CCCC[C@]4(C)[C@@H]3CC[C@@]21C. The highest BCUT2D eigenvalue weighted by atomic mass is 16.3. The maximum Gasteiger partial charge on any atom is 0.0703 e. The van der Waals surface area contributed by atoms with Crippen molar-refractivity contribution in [3.63, 3.8) is 0 Å². The van der Waals surface area contributed by atoms with Crippen LogP contribution >= 0.6 is 0 Å². The Hall–Kier alpha value is -0.300. The zero-order valence-corrected chi connectivity index (χ0v) is 16.2. The van der Waals surface area contributed by atoms with Gasteiger partial charge in [0.1, 0.15) is 0 Å². The number of allylic oxidation sites excluding steroid dienone is 2. The smallest absolute Gasteiger partial charge is 0.0703 e. The molecule has 0 saturated heterocycles. The minimum Gasteiger partial charge on any atom is -0.389 e. The molecule has 0 heterocycles. The molecule has 136 valence electrons. The summed E-state index contributed by atoms with van der Waals surface area (Å²) < 4.78 is 0. The molecule has 4 aliphatic carbocycles. The average Bonchev–Trinajstić information content (AvgIpc) is 2.84. The van der Waals surface area contributed by atoms with Crippen LogP contribution in [0, 0.1) is 28.6 Å². The van der Waals surface area contributed by atoms with Gasteiger partial charge in [0.15, 0.2) is 0 Å². The molecule has 0 aromatic carbocycles. The van der Waals surface area contributed by atoms with Gasteiger partial charge >= 0.3 is 0 Å². The fourth-order valence-corrected chi connectivity index (χ4v) is 7.74. The second kappa shape index (κ2) is 5.86. The number of hydrogen-bond donors (Lipinski definition) is 1. The Bertz CT molecular complexity index is 522. The zero-order chi connectivity index (χ0) is 17.0. The molecule has 0 spiro atoms. The molecule has 0 aromatic rings. The molecule has 1 nitrogen and oxygen atoms in total. The molecular formula is C23H38O. The van der Waals surface area contributed by atoms with Gasteiger partial charge in [0.05, 0.1) is 5.60 Å². The van der Waals surface area contributed by atoms with E-state index in [-0.39, 0.29) is 11.0 Å². The summed E-state index contributed by atoms with van der Waals surface area (Å²) in [6, 6.07) is 0. The standard InChI is InChI=1S/C23H38O/c1-4-5-14-23(24)16-12-20-18-10-9-17-8-6-7-13-21(17,2)19(18)11-15-22(20,23)3/h8,18-20,24H,4-7,9-16H2,1-3H3/t18-,19-,20+,21+,22+,23?/m1/s1. The lowest BCUT2D eigenvalue weighted by atomic mass is 9.46. The van der Waals surface area contributed by atoms with Crippen molar-refractivity contribution in [3.05, 3.63) is 11.6 Å². The molecule has 0 aromatic heterocycles. The van der Waals surface area contributed by atoms with Crippen LogP contribution in [0.4, 0.5) is 0 Å². The van der Waals surface area contributed by atoms with Gasteiger partial charge in [-0.15, -0.1) is 0 Å². The van der Waals surface area contributed by atoms with Crippen LogP contribution in [-0.4, -0.2) is 10.7 Å². The van der Waals surface area contributed by atoms with Crippen molar-refractivity contribution >= 4 is 0 Å². The van der Waals surface area contributed by atoms with Crippen LogP contribution in [0.3, 0.4) is 0 Å². The summed E-state index contributed by atoms with van der Waals surface area (Å²) in [4.78, 5) is 0. The van der Waals surface area contributed by atoms with Crippen LogP contribution in [-0.2, 0) is 0 Å². The Labute approximate surface area is 149 Å². The number of rotatable bonds is 3. The molecule has 1 unspecified atom stereocenters. The average molecular weight is 331 g/mol. The van der Waals surface area contributed by atoms with E-state index in [1.807, 2.05) is 0 Å². The first-order valence-corrected chi connectivity index (χ1v) is 10.9. The number of fused-ring (bicyclic) bond motifs is 5. The van der Waals surface area contributed by atoms with Crippen molar-refractivity contribution in [1.29, 1.82) is 0 Å². The molecule has 0 amide bonds. The molecule has 24 heavy (non-hydrogen) atoms. The van der Waals surface area contributed by atoms with Gasteiger partial charge in [-0.2, -0.15) is 0 Å². The molecule has 3 fully saturated rings. The quantitative estimate of drug-likeness (QED) is 0.605. The third-order valence-electron chi connectivity index (χ3n) is 9.29. The van der Waals surface area contributed by atoms with Crippen molar-refractivity contribution in [2.45, 2.75) is 103 Å². The first-order chi connectivity index (χ1) is 11.4. The van der Waals surface area contributed by atoms with Crippen molar-refractivity contribution < 1.29 is 5.11 Å². The molecule has 0 radical (unpaired) electrons. The fourth-order valence-electron chi connectivity index (χ4n) is 7.74. The second-order valence-corrected chi connectivity index (χ2v) is 10.1. The lowest BCUT2D eigenvalue weighted by Gasteiger charge is -2.59. The monoisotopic (exact) mass is 330 g/mol. The van der Waals surface area contributed by atoms with Crippen molar-refractivity contribution in [1.82, 2.24) is 0 Å². The first-order valence-electron chi connectivity index (χ1n) is 10.9. The topological polar surface area (TPSA) is 20.2 Å². The normalized spacial score (nSPS) is 50.7. The minimum absolute atomic E-state index is 0.190. The molecule has 4 rings (SSSR count). The van der Waals surface area contributed by atoms with E-state index in [9.17, 15) is 5.11 Å². The molecular weight excluding hydrogens is 292 g/mol. The lowest BCUT2D eigenvalue weighted by Crippen LogP contribution is -2.54. The summed E-state index contributed by atoms with van der Waals surface area (Å²) in [5.74, 6) is 2.54. The van der Waals surface area contributed by atoms with Crippen molar-refractivity contribution in [2.75, 3.05) is 0 Å². The van der Waals surface area contributed by atoms with Gasteiger partial charge in [0.25, 0.3) is 0 Å². The predicted octanol–water partition coefficient (Wildman–Crippen LogP) is 6.26. The van der Waals surface area contributed by atoms with E-state index in [0.717, 1.165) is 30.6 Å². The Morgan fingerprint density at radius 2 is 1.88 bits per heavy atom. The third-order valence-corrected chi connectivity index (χ3v) is 9.29. The zero-order valence-electron chi connectivity index (χ0n) is 16.2. The lowest BCUT2D eigenvalue weighted by molar-refractivity contribution is -0.130. The molecule has 0 bridgehead atoms. The molecule has 6 atom stereocenters. The van der Waals surface area contributed by atoms with Gasteiger partial charge in [0.2, 0.25) is 0 Å². The van der Waals surface area contributed by atoms with Crippen molar-refractivity contribution in [3.8, 4) is 0 Å². The third kappa shape index (κ3) is 2.22. The highest BCUT2D eigenvalue weighted by molar-refractivity contribution is 5.24. The largest absolute Gasteiger partial charge is 0.389 e. The number of unbranched alkanes of at least 4 members (excludes halogenated alkanes) is 1. The maximum absolute atomic E-state index is 11.6. The van der Waals surface area contributed by atoms with Crippen LogP contribution in [0.2, 0.25) is 0 Å². The van der Waals surface area contributed by atoms with E-state index in [1.165, 1.54) is 64.2 Å². The van der Waals surface area contributed by atoms with Crippen LogP contribution in [0.25, 0.3) is 0 Å².